The number of carbonyl (C=O) groups is 1. The summed E-state index contributed by atoms with van der Waals surface area (Å²) in [5, 5.41) is 11.9. The Hall–Kier alpha value is -2.68. The van der Waals surface area contributed by atoms with Crippen LogP contribution in [0, 0.1) is 17.2 Å². The van der Waals surface area contributed by atoms with Crippen LogP contribution >= 0.6 is 0 Å². The van der Waals surface area contributed by atoms with Crippen molar-refractivity contribution in [1.82, 2.24) is 9.80 Å². The van der Waals surface area contributed by atoms with Crippen LogP contribution in [0.2, 0.25) is 0 Å². The molecule has 5 nitrogen and oxygen atoms in total. The highest BCUT2D eigenvalue weighted by Crippen LogP contribution is 2.21. The van der Waals surface area contributed by atoms with Gasteiger partial charge in [-0.15, -0.1) is 0 Å². The van der Waals surface area contributed by atoms with Crippen LogP contribution in [0.1, 0.15) is 30.9 Å². The molecule has 1 fully saturated rings. The number of likely N-dealkylation sites (tertiary alicyclic amines) is 1. The Labute approximate surface area is 173 Å². The van der Waals surface area contributed by atoms with Gasteiger partial charge in [0.2, 0.25) is 5.91 Å². The van der Waals surface area contributed by atoms with Crippen molar-refractivity contribution < 1.29 is 4.79 Å². The molecule has 0 aromatic heterocycles. The van der Waals surface area contributed by atoms with Crippen molar-refractivity contribution in [2.24, 2.45) is 5.92 Å². The molecule has 1 saturated heterocycles. The number of amides is 1. The summed E-state index contributed by atoms with van der Waals surface area (Å²) in [6.07, 6.45) is 2.22. The third kappa shape index (κ3) is 6.15. The fourth-order valence-corrected chi connectivity index (χ4v) is 4.00. The van der Waals surface area contributed by atoms with Gasteiger partial charge in [0.05, 0.1) is 17.7 Å². The van der Waals surface area contributed by atoms with Crippen LogP contribution in [0.3, 0.4) is 0 Å². The maximum absolute atomic E-state index is 12.6. The Kier molecular flexibility index (Phi) is 7.40. The van der Waals surface area contributed by atoms with E-state index in [1.807, 2.05) is 13.0 Å². The number of hydrogen-bond acceptors (Lipinski definition) is 4. The Morgan fingerprint density at radius 3 is 2.62 bits per heavy atom. The molecule has 1 heterocycles. The standard InChI is InChI=1S/C24H30N4O/c1-19(24(29)26-23-10-6-9-22(15-23)16-25)28-13-11-21(12-14-28)18-27(2)17-20-7-4-3-5-8-20/h3-10,15,19,21H,11-14,17-18H2,1-2H3,(H,26,29). The predicted molar refractivity (Wildman–Crippen MR) is 116 cm³/mol. The molecule has 5 heteroatoms. The molecule has 0 aliphatic carbocycles. The lowest BCUT2D eigenvalue weighted by Gasteiger charge is -2.36. The Balaban J connectivity index is 1.44. The average Bonchev–Trinajstić information content (AvgIpc) is 2.74. The van der Waals surface area contributed by atoms with E-state index in [0.717, 1.165) is 39.0 Å². The second kappa shape index (κ2) is 10.2. The Morgan fingerprint density at radius 1 is 1.21 bits per heavy atom. The molecule has 1 aliphatic rings. The lowest BCUT2D eigenvalue weighted by Crippen LogP contribution is -2.47. The zero-order valence-corrected chi connectivity index (χ0v) is 17.3. The molecular formula is C24H30N4O. The molecule has 1 aliphatic heterocycles. The molecule has 0 saturated carbocycles. The van der Waals surface area contributed by atoms with Crippen molar-refractivity contribution >= 4 is 11.6 Å². The Morgan fingerprint density at radius 2 is 1.93 bits per heavy atom. The summed E-state index contributed by atoms with van der Waals surface area (Å²) in [5.74, 6) is 0.655. The molecule has 1 amide bonds. The third-order valence-electron chi connectivity index (χ3n) is 5.70. The molecule has 3 rings (SSSR count). The minimum atomic E-state index is -0.177. The van der Waals surface area contributed by atoms with Gasteiger partial charge >= 0.3 is 0 Å². The van der Waals surface area contributed by atoms with Crippen LogP contribution in [0.5, 0.6) is 0 Å². The first-order chi connectivity index (χ1) is 14.0. The highest BCUT2D eigenvalue weighted by atomic mass is 16.2. The maximum Gasteiger partial charge on any atom is 0.241 e. The van der Waals surface area contributed by atoms with E-state index in [-0.39, 0.29) is 11.9 Å². The summed E-state index contributed by atoms with van der Waals surface area (Å²) in [4.78, 5) is 17.3. The SMILES string of the molecule is CC(C(=O)Nc1cccc(C#N)c1)N1CCC(CN(C)Cc2ccccc2)CC1. The molecule has 152 valence electrons. The maximum atomic E-state index is 12.6. The van der Waals surface area contributed by atoms with Crippen molar-refractivity contribution in [3.8, 4) is 6.07 Å². The number of carbonyl (C=O) groups excluding carboxylic acids is 1. The highest BCUT2D eigenvalue weighted by molar-refractivity contribution is 5.94. The van der Waals surface area contributed by atoms with E-state index in [2.05, 4.69) is 58.6 Å². The summed E-state index contributed by atoms with van der Waals surface area (Å²) >= 11 is 0. The largest absolute Gasteiger partial charge is 0.325 e. The van der Waals surface area contributed by atoms with Gasteiger partial charge in [-0.05, 0) is 69.6 Å². The molecule has 1 atom stereocenters. The van der Waals surface area contributed by atoms with Gasteiger partial charge in [-0.3, -0.25) is 9.69 Å². The third-order valence-corrected chi connectivity index (χ3v) is 5.70. The van der Waals surface area contributed by atoms with E-state index >= 15 is 0 Å². The first-order valence-electron chi connectivity index (χ1n) is 10.3. The first kappa shape index (κ1) is 21.0. The van der Waals surface area contributed by atoms with Gasteiger partial charge < -0.3 is 10.2 Å². The normalized spacial score (nSPS) is 16.3. The smallest absolute Gasteiger partial charge is 0.241 e. The number of nitriles is 1. The second-order valence-electron chi connectivity index (χ2n) is 8.02. The van der Waals surface area contributed by atoms with Crippen LogP contribution < -0.4 is 5.32 Å². The van der Waals surface area contributed by atoms with Gasteiger partial charge in [-0.1, -0.05) is 36.4 Å². The van der Waals surface area contributed by atoms with Crippen LogP contribution in [0.25, 0.3) is 0 Å². The van der Waals surface area contributed by atoms with Gasteiger partial charge in [0.25, 0.3) is 0 Å². The topological polar surface area (TPSA) is 59.4 Å². The Bertz CT molecular complexity index is 837. The van der Waals surface area contributed by atoms with Gasteiger partial charge in [0, 0.05) is 18.8 Å². The number of rotatable bonds is 7. The van der Waals surface area contributed by atoms with Crippen molar-refractivity contribution in [2.75, 3.05) is 32.0 Å². The van der Waals surface area contributed by atoms with Crippen LogP contribution in [0.4, 0.5) is 5.69 Å². The second-order valence-corrected chi connectivity index (χ2v) is 8.02. The van der Waals surface area contributed by atoms with Crippen molar-refractivity contribution in [3.63, 3.8) is 0 Å². The van der Waals surface area contributed by atoms with Crippen LogP contribution in [-0.2, 0) is 11.3 Å². The number of nitrogens with zero attached hydrogens (tertiary/aromatic N) is 3. The van der Waals surface area contributed by atoms with E-state index in [1.165, 1.54) is 5.56 Å². The number of piperidine rings is 1. The quantitative estimate of drug-likeness (QED) is 0.783. The van der Waals surface area contributed by atoms with E-state index in [9.17, 15) is 4.79 Å². The van der Waals surface area contributed by atoms with Crippen molar-refractivity contribution in [3.05, 3.63) is 65.7 Å². The fourth-order valence-electron chi connectivity index (χ4n) is 4.00. The molecule has 0 bridgehead atoms. The minimum absolute atomic E-state index is 0.0141. The average molecular weight is 391 g/mol. The first-order valence-corrected chi connectivity index (χ1v) is 10.3. The molecule has 0 radical (unpaired) electrons. The summed E-state index contributed by atoms with van der Waals surface area (Å²) in [6.45, 7) is 5.91. The minimum Gasteiger partial charge on any atom is -0.325 e. The van der Waals surface area contributed by atoms with Crippen molar-refractivity contribution in [1.29, 1.82) is 5.26 Å². The summed E-state index contributed by atoms with van der Waals surface area (Å²) in [5.41, 5.74) is 2.58. The van der Waals surface area contributed by atoms with Gasteiger partial charge in [0.15, 0.2) is 0 Å². The van der Waals surface area contributed by atoms with Gasteiger partial charge in [-0.25, -0.2) is 0 Å². The zero-order valence-electron chi connectivity index (χ0n) is 17.3. The van der Waals surface area contributed by atoms with E-state index in [4.69, 9.17) is 5.26 Å². The monoisotopic (exact) mass is 390 g/mol. The molecule has 1 unspecified atom stereocenters. The summed E-state index contributed by atoms with van der Waals surface area (Å²) in [7, 11) is 2.19. The number of benzene rings is 2. The number of nitrogens with one attached hydrogen (secondary N) is 1. The van der Waals surface area contributed by atoms with Gasteiger partial charge in [0.1, 0.15) is 0 Å². The zero-order chi connectivity index (χ0) is 20.6. The summed E-state index contributed by atoms with van der Waals surface area (Å²) < 4.78 is 0. The molecular weight excluding hydrogens is 360 g/mol. The lowest BCUT2D eigenvalue weighted by atomic mass is 9.95. The lowest BCUT2D eigenvalue weighted by molar-refractivity contribution is -0.121. The molecule has 2 aromatic rings. The van der Waals surface area contributed by atoms with E-state index in [0.29, 0.717) is 17.2 Å². The number of anilines is 1. The predicted octanol–water partition coefficient (Wildman–Crippen LogP) is 3.73. The fraction of sp³-hybridized carbons (Fsp3) is 0.417. The van der Waals surface area contributed by atoms with Crippen LogP contribution in [0.15, 0.2) is 54.6 Å². The molecule has 0 spiro atoms. The molecule has 2 aromatic carbocycles. The molecule has 29 heavy (non-hydrogen) atoms. The summed E-state index contributed by atoms with van der Waals surface area (Å²) in [6, 6.07) is 19.5. The highest BCUT2D eigenvalue weighted by Gasteiger charge is 2.27. The van der Waals surface area contributed by atoms with Crippen LogP contribution in [-0.4, -0.2) is 48.4 Å². The number of hydrogen-bond donors (Lipinski definition) is 1. The van der Waals surface area contributed by atoms with Crippen molar-refractivity contribution in [2.45, 2.75) is 32.4 Å². The van der Waals surface area contributed by atoms with Gasteiger partial charge in [-0.2, -0.15) is 5.26 Å². The van der Waals surface area contributed by atoms with E-state index < -0.39 is 0 Å². The molecule has 1 N–H and O–H groups in total. The van der Waals surface area contributed by atoms with E-state index in [1.54, 1.807) is 18.2 Å².